The zero-order valence-electron chi connectivity index (χ0n) is 13.7. The number of hydrogen-bond donors (Lipinski definition) is 0. The Hall–Kier alpha value is -2.37. The second-order valence-electron chi connectivity index (χ2n) is 6.13. The third kappa shape index (κ3) is 3.36. The predicted molar refractivity (Wildman–Crippen MR) is 84.0 cm³/mol. The second-order valence-corrected chi connectivity index (χ2v) is 6.13. The molecule has 2 atom stereocenters. The molecule has 0 N–H and O–H groups in total. The molecule has 0 saturated heterocycles. The standard InChI is InChI=1S/C17H21NO5/c1-5-21-15(20)17(12-9-7-6-8-10-12)13(18-11-22-17)14(19)23-16(2,3)4/h6-11,13H,5H2,1-4H3/t13-,17-/m1/s1. The average Bonchev–Trinajstić information content (AvgIpc) is 2.92. The van der Waals surface area contributed by atoms with Gasteiger partial charge in [0.25, 0.3) is 5.60 Å². The van der Waals surface area contributed by atoms with Crippen LogP contribution in [0.3, 0.4) is 0 Å². The first-order chi connectivity index (χ1) is 10.8. The number of esters is 2. The highest BCUT2D eigenvalue weighted by Crippen LogP contribution is 2.37. The van der Waals surface area contributed by atoms with Crippen molar-refractivity contribution in [2.45, 2.75) is 44.9 Å². The summed E-state index contributed by atoms with van der Waals surface area (Å²) in [6.45, 7) is 7.10. The first kappa shape index (κ1) is 17.0. The van der Waals surface area contributed by atoms with Crippen molar-refractivity contribution in [2.24, 2.45) is 4.99 Å². The van der Waals surface area contributed by atoms with Crippen molar-refractivity contribution in [3.05, 3.63) is 35.9 Å². The maximum Gasteiger partial charge on any atom is 0.358 e. The van der Waals surface area contributed by atoms with Crippen LogP contribution in [-0.2, 0) is 29.4 Å². The molecule has 1 aliphatic rings. The van der Waals surface area contributed by atoms with Crippen molar-refractivity contribution in [1.29, 1.82) is 0 Å². The quantitative estimate of drug-likeness (QED) is 0.796. The van der Waals surface area contributed by atoms with E-state index in [0.29, 0.717) is 5.56 Å². The molecule has 23 heavy (non-hydrogen) atoms. The van der Waals surface area contributed by atoms with E-state index in [4.69, 9.17) is 14.2 Å². The molecule has 1 aromatic carbocycles. The van der Waals surface area contributed by atoms with Gasteiger partial charge in [-0.1, -0.05) is 30.3 Å². The van der Waals surface area contributed by atoms with E-state index in [1.807, 2.05) is 0 Å². The second kappa shape index (κ2) is 6.40. The topological polar surface area (TPSA) is 74.2 Å². The lowest BCUT2D eigenvalue weighted by atomic mass is 9.86. The van der Waals surface area contributed by atoms with Gasteiger partial charge in [0.05, 0.1) is 6.61 Å². The van der Waals surface area contributed by atoms with Crippen molar-refractivity contribution in [1.82, 2.24) is 0 Å². The lowest BCUT2D eigenvalue weighted by Crippen LogP contribution is -2.51. The maximum absolute atomic E-state index is 12.6. The number of benzene rings is 1. The monoisotopic (exact) mass is 319 g/mol. The summed E-state index contributed by atoms with van der Waals surface area (Å²) in [6.07, 6.45) is 1.11. The minimum atomic E-state index is -1.65. The fourth-order valence-corrected chi connectivity index (χ4v) is 2.36. The molecule has 1 heterocycles. The van der Waals surface area contributed by atoms with Crippen LogP contribution in [-0.4, -0.2) is 36.6 Å². The Labute approximate surface area is 135 Å². The highest BCUT2D eigenvalue weighted by molar-refractivity contribution is 5.94. The molecule has 6 heteroatoms. The van der Waals surface area contributed by atoms with E-state index >= 15 is 0 Å². The van der Waals surface area contributed by atoms with E-state index in [9.17, 15) is 9.59 Å². The predicted octanol–water partition coefficient (Wildman–Crippen LogP) is 2.21. The maximum atomic E-state index is 12.6. The molecule has 1 aliphatic heterocycles. The lowest BCUT2D eigenvalue weighted by molar-refractivity contribution is -0.175. The highest BCUT2D eigenvalue weighted by Gasteiger charge is 2.58. The van der Waals surface area contributed by atoms with Gasteiger partial charge >= 0.3 is 11.9 Å². The van der Waals surface area contributed by atoms with Crippen molar-refractivity contribution >= 4 is 18.3 Å². The Morgan fingerprint density at radius 3 is 2.48 bits per heavy atom. The van der Waals surface area contributed by atoms with E-state index in [0.717, 1.165) is 6.40 Å². The number of carbonyl (C=O) groups excluding carboxylic acids is 2. The van der Waals surface area contributed by atoms with Gasteiger partial charge in [0, 0.05) is 5.56 Å². The smallest absolute Gasteiger partial charge is 0.358 e. The molecule has 0 aliphatic carbocycles. The first-order valence-corrected chi connectivity index (χ1v) is 7.46. The normalized spacial score (nSPS) is 23.2. The Morgan fingerprint density at radius 2 is 1.91 bits per heavy atom. The Kier molecular flexibility index (Phi) is 4.73. The van der Waals surface area contributed by atoms with Crippen LogP contribution in [0.1, 0.15) is 33.3 Å². The summed E-state index contributed by atoms with van der Waals surface area (Å²) < 4.78 is 16.1. The molecular weight excluding hydrogens is 298 g/mol. The zero-order valence-corrected chi connectivity index (χ0v) is 13.7. The summed E-state index contributed by atoms with van der Waals surface area (Å²) in [5.74, 6) is -1.30. The van der Waals surface area contributed by atoms with Crippen molar-refractivity contribution in [2.75, 3.05) is 6.61 Å². The summed E-state index contributed by atoms with van der Waals surface area (Å²) >= 11 is 0. The lowest BCUT2D eigenvalue weighted by Gasteiger charge is -2.31. The van der Waals surface area contributed by atoms with Crippen LogP contribution in [0.25, 0.3) is 0 Å². The first-order valence-electron chi connectivity index (χ1n) is 7.46. The van der Waals surface area contributed by atoms with Gasteiger partial charge in [-0.25, -0.2) is 14.6 Å². The Bertz CT molecular complexity index is 605. The summed E-state index contributed by atoms with van der Waals surface area (Å²) in [4.78, 5) is 29.2. The van der Waals surface area contributed by atoms with Crippen LogP contribution in [0.15, 0.2) is 35.3 Å². The van der Waals surface area contributed by atoms with Gasteiger partial charge in [0.2, 0.25) is 6.04 Å². The number of carbonyl (C=O) groups is 2. The van der Waals surface area contributed by atoms with Gasteiger partial charge in [0.15, 0.2) is 6.40 Å². The van der Waals surface area contributed by atoms with Crippen LogP contribution < -0.4 is 0 Å². The Balaban J connectivity index is 2.45. The van der Waals surface area contributed by atoms with E-state index < -0.39 is 29.2 Å². The molecule has 0 fully saturated rings. The number of hydrogen-bond acceptors (Lipinski definition) is 6. The summed E-state index contributed by atoms with van der Waals surface area (Å²) in [5.41, 5.74) is -1.86. The molecule has 6 nitrogen and oxygen atoms in total. The Morgan fingerprint density at radius 1 is 1.26 bits per heavy atom. The van der Waals surface area contributed by atoms with Gasteiger partial charge < -0.3 is 14.2 Å². The van der Waals surface area contributed by atoms with Crippen LogP contribution >= 0.6 is 0 Å². The number of ether oxygens (including phenoxy) is 3. The van der Waals surface area contributed by atoms with Crippen molar-refractivity contribution < 1.29 is 23.8 Å². The third-order valence-electron chi connectivity index (χ3n) is 3.24. The third-order valence-corrected chi connectivity index (χ3v) is 3.24. The zero-order chi connectivity index (χ0) is 17.1. The fourth-order valence-electron chi connectivity index (χ4n) is 2.36. The summed E-state index contributed by atoms with van der Waals surface area (Å²) in [7, 11) is 0. The molecule has 0 amide bonds. The molecule has 124 valence electrons. The van der Waals surface area contributed by atoms with Crippen LogP contribution in [0.5, 0.6) is 0 Å². The fraction of sp³-hybridized carbons (Fsp3) is 0.471. The largest absolute Gasteiger partial charge is 0.463 e. The molecule has 0 saturated carbocycles. The van der Waals surface area contributed by atoms with Gasteiger partial charge in [-0.15, -0.1) is 0 Å². The van der Waals surface area contributed by atoms with Gasteiger partial charge in [-0.05, 0) is 27.7 Å². The molecule has 0 spiro atoms. The summed E-state index contributed by atoms with van der Waals surface area (Å²) in [5, 5.41) is 0. The van der Waals surface area contributed by atoms with Gasteiger partial charge in [0.1, 0.15) is 5.60 Å². The van der Waals surface area contributed by atoms with Crippen molar-refractivity contribution in [3.63, 3.8) is 0 Å². The molecule has 0 aromatic heterocycles. The van der Waals surface area contributed by atoms with E-state index in [-0.39, 0.29) is 6.61 Å². The van der Waals surface area contributed by atoms with Crippen LogP contribution in [0.2, 0.25) is 0 Å². The van der Waals surface area contributed by atoms with Crippen LogP contribution in [0, 0.1) is 0 Å². The van der Waals surface area contributed by atoms with Gasteiger partial charge in [-0.3, -0.25) is 0 Å². The number of rotatable bonds is 4. The molecule has 0 unspecified atom stereocenters. The average molecular weight is 319 g/mol. The minimum absolute atomic E-state index is 0.164. The molecular formula is C17H21NO5. The molecule has 2 rings (SSSR count). The van der Waals surface area contributed by atoms with E-state index in [1.165, 1.54) is 0 Å². The number of nitrogens with zero attached hydrogens (tertiary/aromatic N) is 1. The SMILES string of the molecule is CCOC(=O)[C@]1(c2ccccc2)OC=N[C@@H]1C(=O)OC(C)(C)C. The van der Waals surface area contributed by atoms with Gasteiger partial charge in [-0.2, -0.15) is 0 Å². The van der Waals surface area contributed by atoms with Crippen molar-refractivity contribution in [3.8, 4) is 0 Å². The molecule has 0 bridgehead atoms. The highest BCUT2D eigenvalue weighted by atomic mass is 16.6. The van der Waals surface area contributed by atoms with Crippen LogP contribution in [0.4, 0.5) is 0 Å². The van der Waals surface area contributed by atoms with E-state index in [2.05, 4.69) is 4.99 Å². The summed E-state index contributed by atoms with van der Waals surface area (Å²) in [6, 6.07) is 7.56. The van der Waals surface area contributed by atoms with E-state index in [1.54, 1.807) is 58.0 Å². The number of aliphatic imine (C=N–C) groups is 1. The molecule has 1 aromatic rings. The molecule has 0 radical (unpaired) electrons. The minimum Gasteiger partial charge on any atom is -0.463 e.